The van der Waals surface area contributed by atoms with Crippen LogP contribution < -0.4 is 20.5 Å². The van der Waals surface area contributed by atoms with Crippen molar-refractivity contribution in [1.29, 1.82) is 0 Å². The van der Waals surface area contributed by atoms with Gasteiger partial charge in [-0.3, -0.25) is 9.59 Å². The Kier molecular flexibility index (Phi) is 5.53. The highest BCUT2D eigenvalue weighted by molar-refractivity contribution is 9.10. The standard InChI is InChI=1S/C22H29BrN2O4/c1-28-18-5-14(2-3-17(18)29-12-19(24)26)11-25-20(27)10-21-6-15-4-16(7-21)9-22(23,8-15)13-21/h2-3,5,15-16H,4,6-13H2,1H3,(H2,24,26)(H,25,27). The van der Waals surface area contributed by atoms with Crippen molar-refractivity contribution in [2.45, 2.75) is 55.8 Å². The third-order valence-corrected chi connectivity index (χ3v) is 7.66. The van der Waals surface area contributed by atoms with Gasteiger partial charge in [0.25, 0.3) is 5.91 Å². The summed E-state index contributed by atoms with van der Waals surface area (Å²) in [5.41, 5.74) is 6.21. The summed E-state index contributed by atoms with van der Waals surface area (Å²) in [5.74, 6) is 2.11. The van der Waals surface area contributed by atoms with Crippen LogP contribution in [-0.2, 0) is 16.1 Å². The second-order valence-corrected chi connectivity index (χ2v) is 11.0. The molecule has 5 rings (SSSR count). The van der Waals surface area contributed by atoms with Gasteiger partial charge in [-0.2, -0.15) is 0 Å². The van der Waals surface area contributed by atoms with Gasteiger partial charge in [-0.1, -0.05) is 22.0 Å². The summed E-state index contributed by atoms with van der Waals surface area (Å²) in [7, 11) is 1.54. The van der Waals surface area contributed by atoms with Crippen molar-refractivity contribution in [3.8, 4) is 11.5 Å². The van der Waals surface area contributed by atoms with E-state index in [2.05, 4.69) is 21.2 Å². The van der Waals surface area contributed by atoms with Crippen molar-refractivity contribution >= 4 is 27.7 Å². The molecule has 0 aromatic heterocycles. The van der Waals surface area contributed by atoms with E-state index in [0.717, 1.165) is 23.8 Å². The van der Waals surface area contributed by atoms with E-state index in [0.29, 0.717) is 24.5 Å². The van der Waals surface area contributed by atoms with Crippen LogP contribution >= 0.6 is 15.9 Å². The van der Waals surface area contributed by atoms with Crippen LogP contribution in [0.1, 0.15) is 50.5 Å². The smallest absolute Gasteiger partial charge is 0.255 e. The molecule has 2 unspecified atom stereocenters. The SMILES string of the molecule is COc1cc(CNC(=O)CC23CC4CC(CC(Br)(C4)C2)C3)ccc1OCC(N)=O. The number of benzene rings is 1. The number of methoxy groups -OCH3 is 1. The van der Waals surface area contributed by atoms with E-state index in [4.69, 9.17) is 15.2 Å². The highest BCUT2D eigenvalue weighted by Gasteiger charge is 2.57. The fraction of sp³-hybridized carbons (Fsp3) is 0.636. The Morgan fingerprint density at radius 3 is 2.55 bits per heavy atom. The van der Waals surface area contributed by atoms with Crippen LogP contribution in [0.15, 0.2) is 18.2 Å². The van der Waals surface area contributed by atoms with Gasteiger partial charge in [0.1, 0.15) is 0 Å². The van der Waals surface area contributed by atoms with Crippen molar-refractivity contribution < 1.29 is 19.1 Å². The normalized spacial score (nSPS) is 32.1. The van der Waals surface area contributed by atoms with Gasteiger partial charge < -0.3 is 20.5 Å². The Bertz CT molecular complexity index is 798. The Labute approximate surface area is 180 Å². The number of hydrogen-bond acceptors (Lipinski definition) is 4. The molecule has 2 amide bonds. The van der Waals surface area contributed by atoms with E-state index in [1.807, 2.05) is 12.1 Å². The van der Waals surface area contributed by atoms with Gasteiger partial charge in [-0.15, -0.1) is 0 Å². The maximum absolute atomic E-state index is 12.8. The highest BCUT2D eigenvalue weighted by Crippen LogP contribution is 2.65. The zero-order chi connectivity index (χ0) is 20.6. The molecule has 4 saturated carbocycles. The minimum absolute atomic E-state index is 0.121. The summed E-state index contributed by atoms with van der Waals surface area (Å²) in [6, 6.07) is 5.41. The number of primary amides is 1. The first-order valence-corrected chi connectivity index (χ1v) is 11.1. The fourth-order valence-electron chi connectivity index (χ4n) is 6.24. The second-order valence-electron chi connectivity index (χ2n) is 9.31. The number of halogens is 1. The molecule has 0 spiro atoms. The zero-order valence-corrected chi connectivity index (χ0v) is 18.4. The molecule has 0 heterocycles. The first-order valence-electron chi connectivity index (χ1n) is 10.3. The predicted octanol–water partition coefficient (Wildman–Crippen LogP) is 3.30. The first-order chi connectivity index (χ1) is 13.8. The molecule has 3 N–H and O–H groups in total. The summed E-state index contributed by atoms with van der Waals surface area (Å²) in [4.78, 5) is 23.7. The summed E-state index contributed by atoms with van der Waals surface area (Å²) < 4.78 is 10.9. The lowest BCUT2D eigenvalue weighted by atomic mass is 9.48. The maximum Gasteiger partial charge on any atom is 0.255 e. The van der Waals surface area contributed by atoms with Gasteiger partial charge in [0.2, 0.25) is 5.91 Å². The predicted molar refractivity (Wildman–Crippen MR) is 113 cm³/mol. The van der Waals surface area contributed by atoms with Crippen molar-refractivity contribution in [1.82, 2.24) is 5.32 Å². The molecule has 1 aromatic rings. The molecule has 4 aliphatic rings. The minimum Gasteiger partial charge on any atom is -0.493 e. The highest BCUT2D eigenvalue weighted by atomic mass is 79.9. The number of carbonyl (C=O) groups excluding carboxylic acids is 2. The van der Waals surface area contributed by atoms with Crippen LogP contribution in [0.4, 0.5) is 0 Å². The van der Waals surface area contributed by atoms with E-state index in [-0.39, 0.29) is 22.3 Å². The number of ether oxygens (including phenoxy) is 2. The summed E-state index contributed by atoms with van der Waals surface area (Å²) in [6.45, 7) is 0.235. The van der Waals surface area contributed by atoms with E-state index in [9.17, 15) is 9.59 Å². The number of alkyl halides is 1. The van der Waals surface area contributed by atoms with Gasteiger partial charge in [-0.25, -0.2) is 0 Å². The number of nitrogens with two attached hydrogens (primary N) is 1. The van der Waals surface area contributed by atoms with Crippen molar-refractivity contribution in [3.63, 3.8) is 0 Å². The third-order valence-electron chi connectivity index (χ3n) is 6.73. The van der Waals surface area contributed by atoms with Gasteiger partial charge >= 0.3 is 0 Å². The minimum atomic E-state index is -0.543. The molecule has 4 aliphatic carbocycles. The Morgan fingerprint density at radius 1 is 1.21 bits per heavy atom. The average molecular weight is 465 g/mol. The van der Waals surface area contributed by atoms with Crippen LogP contribution in [0.25, 0.3) is 0 Å². The van der Waals surface area contributed by atoms with Gasteiger partial charge in [0.05, 0.1) is 7.11 Å². The summed E-state index contributed by atoms with van der Waals surface area (Å²) >= 11 is 4.02. The molecule has 7 heteroatoms. The van der Waals surface area contributed by atoms with Crippen LogP contribution in [0.5, 0.6) is 11.5 Å². The van der Waals surface area contributed by atoms with Crippen molar-refractivity contribution in [3.05, 3.63) is 23.8 Å². The second kappa shape index (κ2) is 7.82. The maximum atomic E-state index is 12.8. The topological polar surface area (TPSA) is 90.7 Å². The van der Waals surface area contributed by atoms with Crippen LogP contribution in [0.3, 0.4) is 0 Å². The number of rotatable bonds is 8. The first kappa shape index (κ1) is 20.5. The number of amides is 2. The van der Waals surface area contributed by atoms with Crippen LogP contribution in [0, 0.1) is 17.3 Å². The zero-order valence-electron chi connectivity index (χ0n) is 16.8. The molecule has 6 nitrogen and oxygen atoms in total. The van der Waals surface area contributed by atoms with Crippen molar-refractivity contribution in [2.75, 3.05) is 13.7 Å². The van der Waals surface area contributed by atoms with Crippen molar-refractivity contribution in [2.24, 2.45) is 23.0 Å². The Balaban J connectivity index is 1.35. The molecule has 29 heavy (non-hydrogen) atoms. The molecule has 0 aliphatic heterocycles. The van der Waals surface area contributed by atoms with E-state index in [1.54, 1.807) is 6.07 Å². The Hall–Kier alpha value is -1.76. The molecular formula is C22H29BrN2O4. The lowest BCUT2D eigenvalue weighted by molar-refractivity contribution is -0.128. The molecule has 158 valence electrons. The van der Waals surface area contributed by atoms with E-state index < -0.39 is 5.91 Å². The molecular weight excluding hydrogens is 436 g/mol. The van der Waals surface area contributed by atoms with Crippen LogP contribution in [0.2, 0.25) is 0 Å². The molecule has 4 bridgehead atoms. The third kappa shape index (κ3) is 4.55. The van der Waals surface area contributed by atoms with Crippen LogP contribution in [-0.4, -0.2) is 29.9 Å². The lowest BCUT2D eigenvalue weighted by Gasteiger charge is -2.60. The number of carbonyl (C=O) groups is 2. The van der Waals surface area contributed by atoms with E-state index in [1.165, 1.54) is 39.2 Å². The monoisotopic (exact) mass is 464 g/mol. The van der Waals surface area contributed by atoms with Gasteiger partial charge in [0, 0.05) is 17.3 Å². The molecule has 0 saturated heterocycles. The molecule has 2 atom stereocenters. The number of nitrogens with one attached hydrogen (secondary N) is 1. The van der Waals surface area contributed by atoms with Gasteiger partial charge in [0.15, 0.2) is 18.1 Å². The average Bonchev–Trinajstić information content (AvgIpc) is 2.62. The Morgan fingerprint density at radius 2 is 1.93 bits per heavy atom. The van der Waals surface area contributed by atoms with E-state index >= 15 is 0 Å². The summed E-state index contributed by atoms with van der Waals surface area (Å²) in [6.07, 6.45) is 8.03. The number of hydrogen-bond donors (Lipinski definition) is 2. The molecule has 0 radical (unpaired) electrons. The largest absolute Gasteiger partial charge is 0.493 e. The fourth-order valence-corrected chi connectivity index (χ4v) is 7.75. The molecule has 1 aromatic carbocycles. The summed E-state index contributed by atoms with van der Waals surface area (Å²) in [5, 5.41) is 3.08. The van der Waals surface area contributed by atoms with Gasteiger partial charge in [-0.05, 0) is 73.5 Å². The lowest BCUT2D eigenvalue weighted by Crippen LogP contribution is -2.54. The molecule has 4 fully saturated rings. The quantitative estimate of drug-likeness (QED) is 0.577.